The number of hydrogen-bond acceptors (Lipinski definition) is 2. The van der Waals surface area contributed by atoms with Crippen LogP contribution in [0.4, 0.5) is 10.1 Å². The minimum Gasteiger partial charge on any atom is -0.507 e. The molecule has 0 saturated heterocycles. The van der Waals surface area contributed by atoms with Crippen LogP contribution in [0.3, 0.4) is 0 Å². The van der Waals surface area contributed by atoms with Gasteiger partial charge in [0.1, 0.15) is 11.6 Å². The number of amides is 1. The summed E-state index contributed by atoms with van der Waals surface area (Å²) in [5.74, 6) is -1.50. The summed E-state index contributed by atoms with van der Waals surface area (Å²) < 4.78 is 13.6. The van der Waals surface area contributed by atoms with Gasteiger partial charge in [-0.1, -0.05) is 11.6 Å². The predicted octanol–water partition coefficient (Wildman–Crippen LogP) is 4.20. The minimum absolute atomic E-state index is 0.137. The molecule has 2 rings (SSSR count). The van der Waals surface area contributed by atoms with Crippen LogP contribution in [-0.2, 0) is 0 Å². The molecule has 19 heavy (non-hydrogen) atoms. The van der Waals surface area contributed by atoms with Crippen molar-refractivity contribution in [2.24, 2.45) is 0 Å². The lowest BCUT2D eigenvalue weighted by atomic mass is 10.1. The SMILES string of the molecule is O=C(Nc1ccc(Cl)cc1Br)c1cc(F)ccc1O. The molecule has 2 aromatic carbocycles. The van der Waals surface area contributed by atoms with E-state index >= 15 is 0 Å². The van der Waals surface area contributed by atoms with Gasteiger partial charge in [-0.05, 0) is 52.3 Å². The Labute approximate surface area is 122 Å². The molecule has 0 saturated carbocycles. The van der Waals surface area contributed by atoms with Crippen molar-refractivity contribution in [2.75, 3.05) is 5.32 Å². The van der Waals surface area contributed by atoms with E-state index in [2.05, 4.69) is 21.2 Å². The maximum atomic E-state index is 13.1. The number of phenolic OH excluding ortho intramolecular Hbond substituents is 1. The van der Waals surface area contributed by atoms with E-state index in [4.69, 9.17) is 11.6 Å². The molecule has 0 aliphatic heterocycles. The second kappa shape index (κ2) is 5.59. The van der Waals surface area contributed by atoms with Gasteiger partial charge in [0.05, 0.1) is 11.3 Å². The van der Waals surface area contributed by atoms with Crippen LogP contribution in [0.25, 0.3) is 0 Å². The molecule has 0 bridgehead atoms. The second-order valence-corrected chi connectivity index (χ2v) is 5.03. The van der Waals surface area contributed by atoms with Crippen LogP contribution in [0.2, 0.25) is 5.02 Å². The lowest BCUT2D eigenvalue weighted by Crippen LogP contribution is -2.12. The van der Waals surface area contributed by atoms with Crippen molar-refractivity contribution in [3.05, 3.63) is 57.3 Å². The fraction of sp³-hybridized carbons (Fsp3) is 0. The molecule has 0 fully saturated rings. The van der Waals surface area contributed by atoms with Crippen molar-refractivity contribution in [3.8, 4) is 5.75 Å². The molecule has 0 aliphatic carbocycles. The Balaban J connectivity index is 2.28. The van der Waals surface area contributed by atoms with Gasteiger partial charge in [0.25, 0.3) is 5.91 Å². The van der Waals surface area contributed by atoms with Gasteiger partial charge in [-0.15, -0.1) is 0 Å². The topological polar surface area (TPSA) is 49.3 Å². The number of aromatic hydroxyl groups is 1. The Bertz CT molecular complexity index is 649. The molecule has 3 nitrogen and oxygen atoms in total. The third kappa shape index (κ3) is 3.24. The zero-order valence-corrected chi connectivity index (χ0v) is 11.8. The van der Waals surface area contributed by atoms with Crippen LogP contribution in [0.15, 0.2) is 40.9 Å². The van der Waals surface area contributed by atoms with E-state index in [1.54, 1.807) is 18.2 Å². The fourth-order valence-electron chi connectivity index (χ4n) is 1.47. The Morgan fingerprint density at radius 2 is 2.00 bits per heavy atom. The number of carbonyl (C=O) groups is 1. The predicted molar refractivity (Wildman–Crippen MR) is 75.2 cm³/mol. The van der Waals surface area contributed by atoms with Crippen molar-refractivity contribution in [1.82, 2.24) is 0 Å². The molecule has 1 amide bonds. The zero-order chi connectivity index (χ0) is 14.0. The normalized spacial score (nSPS) is 10.3. The summed E-state index contributed by atoms with van der Waals surface area (Å²) in [6, 6.07) is 7.98. The standard InChI is InChI=1S/C13H8BrClFNO2/c14-10-5-7(15)1-3-11(10)17-13(19)9-6-8(16)2-4-12(9)18/h1-6,18H,(H,17,19). The summed E-state index contributed by atoms with van der Waals surface area (Å²) >= 11 is 9.03. The smallest absolute Gasteiger partial charge is 0.259 e. The van der Waals surface area contributed by atoms with Crippen LogP contribution in [0, 0.1) is 5.82 Å². The highest BCUT2D eigenvalue weighted by molar-refractivity contribution is 9.10. The third-order valence-corrected chi connectivity index (χ3v) is 3.27. The van der Waals surface area contributed by atoms with Crippen LogP contribution < -0.4 is 5.32 Å². The van der Waals surface area contributed by atoms with E-state index in [0.717, 1.165) is 18.2 Å². The summed E-state index contributed by atoms with van der Waals surface area (Å²) in [6.07, 6.45) is 0. The molecule has 0 heterocycles. The molecule has 98 valence electrons. The first-order valence-electron chi connectivity index (χ1n) is 5.22. The number of nitrogens with one attached hydrogen (secondary N) is 1. The number of hydrogen-bond donors (Lipinski definition) is 2. The Morgan fingerprint density at radius 1 is 1.26 bits per heavy atom. The molecular formula is C13H8BrClFNO2. The first kappa shape index (κ1) is 13.8. The maximum absolute atomic E-state index is 13.1. The van der Waals surface area contributed by atoms with Gasteiger partial charge in [-0.25, -0.2) is 4.39 Å². The lowest BCUT2D eigenvalue weighted by molar-refractivity contribution is 0.102. The number of phenols is 1. The van der Waals surface area contributed by atoms with Gasteiger partial charge in [0.2, 0.25) is 0 Å². The molecule has 0 unspecified atom stereocenters. The van der Waals surface area contributed by atoms with E-state index in [-0.39, 0.29) is 11.3 Å². The first-order chi connectivity index (χ1) is 8.97. The van der Waals surface area contributed by atoms with Crippen LogP contribution >= 0.6 is 27.5 Å². The van der Waals surface area contributed by atoms with Crippen LogP contribution in [-0.4, -0.2) is 11.0 Å². The number of anilines is 1. The molecule has 0 aliphatic rings. The molecule has 6 heteroatoms. The van der Waals surface area contributed by atoms with Crippen LogP contribution in [0.1, 0.15) is 10.4 Å². The Hall–Kier alpha value is -1.59. The highest BCUT2D eigenvalue weighted by Gasteiger charge is 2.13. The lowest BCUT2D eigenvalue weighted by Gasteiger charge is -2.09. The monoisotopic (exact) mass is 343 g/mol. The van der Waals surface area contributed by atoms with Crippen molar-refractivity contribution in [3.63, 3.8) is 0 Å². The van der Waals surface area contributed by atoms with Crippen molar-refractivity contribution in [1.29, 1.82) is 0 Å². The first-order valence-corrected chi connectivity index (χ1v) is 6.39. The number of rotatable bonds is 2. The highest BCUT2D eigenvalue weighted by Crippen LogP contribution is 2.27. The summed E-state index contributed by atoms with van der Waals surface area (Å²) in [5, 5.41) is 12.6. The summed E-state index contributed by atoms with van der Waals surface area (Å²) in [4.78, 5) is 11.9. The van der Waals surface area contributed by atoms with Crippen molar-refractivity contribution >= 4 is 39.1 Å². The zero-order valence-electron chi connectivity index (χ0n) is 9.45. The van der Waals surface area contributed by atoms with E-state index in [0.29, 0.717) is 15.2 Å². The quantitative estimate of drug-likeness (QED) is 0.858. The summed E-state index contributed by atoms with van der Waals surface area (Å²) in [5.41, 5.74) is 0.333. The third-order valence-electron chi connectivity index (χ3n) is 2.38. The van der Waals surface area contributed by atoms with Gasteiger partial charge < -0.3 is 10.4 Å². The number of benzene rings is 2. The Kier molecular flexibility index (Phi) is 4.07. The summed E-state index contributed by atoms with van der Waals surface area (Å²) in [6.45, 7) is 0. The van der Waals surface area contributed by atoms with Crippen molar-refractivity contribution < 1.29 is 14.3 Å². The maximum Gasteiger partial charge on any atom is 0.259 e. The number of carbonyl (C=O) groups excluding carboxylic acids is 1. The average molecular weight is 345 g/mol. The molecule has 2 N–H and O–H groups in total. The average Bonchev–Trinajstić information content (AvgIpc) is 2.35. The second-order valence-electron chi connectivity index (χ2n) is 3.74. The largest absolute Gasteiger partial charge is 0.507 e. The van der Waals surface area contributed by atoms with E-state index in [9.17, 15) is 14.3 Å². The minimum atomic E-state index is -0.611. The van der Waals surface area contributed by atoms with Gasteiger partial charge in [0.15, 0.2) is 0 Å². The molecule has 0 radical (unpaired) electrons. The molecule has 0 spiro atoms. The summed E-state index contributed by atoms with van der Waals surface area (Å²) in [7, 11) is 0. The molecule has 0 atom stereocenters. The van der Waals surface area contributed by atoms with E-state index in [1.807, 2.05) is 0 Å². The van der Waals surface area contributed by atoms with Gasteiger partial charge in [-0.3, -0.25) is 4.79 Å². The van der Waals surface area contributed by atoms with Crippen LogP contribution in [0.5, 0.6) is 5.75 Å². The van der Waals surface area contributed by atoms with Crippen molar-refractivity contribution in [2.45, 2.75) is 0 Å². The van der Waals surface area contributed by atoms with E-state index in [1.165, 1.54) is 0 Å². The number of halogens is 3. The highest BCUT2D eigenvalue weighted by atomic mass is 79.9. The van der Waals surface area contributed by atoms with E-state index < -0.39 is 11.7 Å². The van der Waals surface area contributed by atoms with Gasteiger partial charge >= 0.3 is 0 Å². The molecular weight excluding hydrogens is 337 g/mol. The molecule has 2 aromatic rings. The van der Waals surface area contributed by atoms with Gasteiger partial charge in [-0.2, -0.15) is 0 Å². The fourth-order valence-corrected chi connectivity index (χ4v) is 2.25. The Morgan fingerprint density at radius 3 is 2.68 bits per heavy atom. The van der Waals surface area contributed by atoms with Gasteiger partial charge in [0, 0.05) is 9.50 Å². The molecule has 0 aromatic heterocycles.